The molecule has 1 aliphatic rings. The van der Waals surface area contributed by atoms with Gasteiger partial charge in [0.1, 0.15) is 0 Å². The van der Waals surface area contributed by atoms with Crippen molar-refractivity contribution in [2.75, 3.05) is 52.4 Å². The number of nitrogens with one attached hydrogen (secondary N) is 1. The van der Waals surface area contributed by atoms with Gasteiger partial charge in [-0.25, -0.2) is 0 Å². The average molecular weight is 255 g/mol. The molecule has 0 unspecified atom stereocenters. The lowest BCUT2D eigenvalue weighted by Gasteiger charge is -2.36. The molecule has 0 radical (unpaired) electrons. The molecule has 18 heavy (non-hydrogen) atoms. The lowest BCUT2D eigenvalue weighted by Crippen LogP contribution is -2.47. The fourth-order valence-electron chi connectivity index (χ4n) is 2.33. The summed E-state index contributed by atoms with van der Waals surface area (Å²) in [6, 6.07) is 0. The summed E-state index contributed by atoms with van der Waals surface area (Å²) < 4.78 is 0. The highest BCUT2D eigenvalue weighted by Gasteiger charge is 2.18. The van der Waals surface area contributed by atoms with Crippen LogP contribution in [-0.2, 0) is 0 Å². The van der Waals surface area contributed by atoms with Gasteiger partial charge in [-0.05, 0) is 44.4 Å². The Kier molecular flexibility index (Phi) is 7.20. The lowest BCUT2D eigenvalue weighted by atomic mass is 9.92. The van der Waals surface area contributed by atoms with E-state index in [4.69, 9.17) is 0 Å². The number of rotatable bonds is 7. The molecule has 3 heteroatoms. The van der Waals surface area contributed by atoms with Crippen molar-refractivity contribution in [3.05, 3.63) is 0 Å². The molecule has 1 rings (SSSR count). The molecule has 0 aliphatic carbocycles. The second-order valence-electron chi connectivity index (χ2n) is 6.70. The third-order valence-corrected chi connectivity index (χ3v) is 3.72. The van der Waals surface area contributed by atoms with Crippen molar-refractivity contribution in [3.63, 3.8) is 0 Å². The molecule has 1 N–H and O–H groups in total. The Hall–Kier alpha value is -0.120. The van der Waals surface area contributed by atoms with Gasteiger partial charge in [0.2, 0.25) is 0 Å². The first-order valence-corrected chi connectivity index (χ1v) is 7.67. The van der Waals surface area contributed by atoms with E-state index >= 15 is 0 Å². The van der Waals surface area contributed by atoms with Crippen LogP contribution in [0.4, 0.5) is 0 Å². The molecule has 0 aromatic rings. The van der Waals surface area contributed by atoms with Crippen molar-refractivity contribution in [2.45, 2.75) is 40.5 Å². The van der Waals surface area contributed by atoms with E-state index in [1.807, 2.05) is 0 Å². The molecular weight excluding hydrogens is 222 g/mol. The summed E-state index contributed by atoms with van der Waals surface area (Å²) in [6.07, 6.45) is 2.60. The summed E-state index contributed by atoms with van der Waals surface area (Å²) in [7, 11) is 0. The number of nitrogens with zero attached hydrogens (tertiary/aromatic N) is 2. The number of piperazine rings is 1. The fraction of sp³-hybridized carbons (Fsp3) is 1.00. The van der Waals surface area contributed by atoms with Gasteiger partial charge < -0.3 is 15.1 Å². The van der Waals surface area contributed by atoms with Crippen LogP contribution in [0.3, 0.4) is 0 Å². The molecule has 0 atom stereocenters. The van der Waals surface area contributed by atoms with E-state index < -0.39 is 0 Å². The first-order chi connectivity index (χ1) is 8.51. The standard InChI is InChI=1S/C15H33N3/c1-5-16-8-6-9-17-11-13-18(14-12-17)10-7-15(2,3)4/h16H,5-14H2,1-4H3. The maximum Gasteiger partial charge on any atom is 0.0110 e. The van der Waals surface area contributed by atoms with E-state index in [9.17, 15) is 0 Å². The Balaban J connectivity index is 2.05. The highest BCUT2D eigenvalue weighted by atomic mass is 15.3. The summed E-state index contributed by atoms with van der Waals surface area (Å²) in [5.74, 6) is 0. The van der Waals surface area contributed by atoms with E-state index in [1.165, 1.54) is 58.7 Å². The minimum Gasteiger partial charge on any atom is -0.317 e. The molecule has 1 fully saturated rings. The van der Waals surface area contributed by atoms with Gasteiger partial charge in [0.15, 0.2) is 0 Å². The van der Waals surface area contributed by atoms with Crippen LogP contribution in [0.2, 0.25) is 0 Å². The van der Waals surface area contributed by atoms with Gasteiger partial charge in [0.25, 0.3) is 0 Å². The summed E-state index contributed by atoms with van der Waals surface area (Å²) in [5, 5.41) is 3.40. The molecule has 3 nitrogen and oxygen atoms in total. The highest BCUT2D eigenvalue weighted by molar-refractivity contribution is 4.74. The van der Waals surface area contributed by atoms with Crippen molar-refractivity contribution in [1.29, 1.82) is 0 Å². The SMILES string of the molecule is CCNCCCN1CCN(CCC(C)(C)C)CC1. The number of hydrogen-bond donors (Lipinski definition) is 1. The summed E-state index contributed by atoms with van der Waals surface area (Å²) in [6.45, 7) is 19.0. The van der Waals surface area contributed by atoms with Gasteiger partial charge in [0.05, 0.1) is 0 Å². The Morgan fingerprint density at radius 1 is 0.944 bits per heavy atom. The molecule has 0 bridgehead atoms. The Labute approximate surface area is 114 Å². The van der Waals surface area contributed by atoms with Gasteiger partial charge in [-0.2, -0.15) is 0 Å². The molecule has 0 aromatic heterocycles. The smallest absolute Gasteiger partial charge is 0.0110 e. The molecule has 1 saturated heterocycles. The Bertz CT molecular complexity index is 202. The molecule has 0 aromatic carbocycles. The molecule has 1 heterocycles. The van der Waals surface area contributed by atoms with Gasteiger partial charge in [0, 0.05) is 26.2 Å². The fourth-order valence-corrected chi connectivity index (χ4v) is 2.33. The van der Waals surface area contributed by atoms with Crippen LogP contribution in [0.25, 0.3) is 0 Å². The zero-order valence-corrected chi connectivity index (χ0v) is 13.0. The van der Waals surface area contributed by atoms with Gasteiger partial charge in [-0.15, -0.1) is 0 Å². The first kappa shape index (κ1) is 15.9. The van der Waals surface area contributed by atoms with Crippen LogP contribution < -0.4 is 5.32 Å². The normalized spacial score (nSPS) is 19.3. The first-order valence-electron chi connectivity index (χ1n) is 7.67. The van der Waals surface area contributed by atoms with E-state index in [2.05, 4.69) is 42.8 Å². The molecule has 108 valence electrons. The van der Waals surface area contributed by atoms with E-state index in [-0.39, 0.29) is 0 Å². The second kappa shape index (κ2) is 8.13. The lowest BCUT2D eigenvalue weighted by molar-refractivity contribution is 0.120. The van der Waals surface area contributed by atoms with Crippen LogP contribution >= 0.6 is 0 Å². The summed E-state index contributed by atoms with van der Waals surface area (Å²) in [5.41, 5.74) is 0.475. The average Bonchev–Trinajstić information content (AvgIpc) is 2.33. The van der Waals surface area contributed by atoms with Crippen LogP contribution in [0, 0.1) is 5.41 Å². The van der Waals surface area contributed by atoms with Crippen LogP contribution in [-0.4, -0.2) is 62.2 Å². The predicted molar refractivity (Wildman–Crippen MR) is 80.1 cm³/mol. The predicted octanol–water partition coefficient (Wildman–Crippen LogP) is 2.04. The monoisotopic (exact) mass is 255 g/mol. The van der Waals surface area contributed by atoms with Gasteiger partial charge >= 0.3 is 0 Å². The third kappa shape index (κ3) is 7.34. The van der Waals surface area contributed by atoms with Gasteiger partial charge in [-0.1, -0.05) is 27.7 Å². The zero-order chi connectivity index (χ0) is 13.4. The zero-order valence-electron chi connectivity index (χ0n) is 13.0. The maximum absolute atomic E-state index is 3.40. The van der Waals surface area contributed by atoms with Crippen molar-refractivity contribution < 1.29 is 0 Å². The quantitative estimate of drug-likeness (QED) is 0.702. The maximum atomic E-state index is 3.40. The topological polar surface area (TPSA) is 18.5 Å². The van der Waals surface area contributed by atoms with Crippen molar-refractivity contribution in [3.8, 4) is 0 Å². The van der Waals surface area contributed by atoms with E-state index in [0.717, 1.165) is 6.54 Å². The largest absolute Gasteiger partial charge is 0.317 e. The van der Waals surface area contributed by atoms with Crippen molar-refractivity contribution in [1.82, 2.24) is 15.1 Å². The van der Waals surface area contributed by atoms with Gasteiger partial charge in [-0.3, -0.25) is 0 Å². The molecule has 1 aliphatic heterocycles. The number of hydrogen-bond acceptors (Lipinski definition) is 3. The highest BCUT2D eigenvalue weighted by Crippen LogP contribution is 2.19. The Morgan fingerprint density at radius 3 is 2.00 bits per heavy atom. The van der Waals surface area contributed by atoms with Crippen molar-refractivity contribution in [2.24, 2.45) is 5.41 Å². The van der Waals surface area contributed by atoms with Crippen LogP contribution in [0.5, 0.6) is 0 Å². The van der Waals surface area contributed by atoms with Crippen molar-refractivity contribution >= 4 is 0 Å². The van der Waals surface area contributed by atoms with E-state index in [0.29, 0.717) is 5.41 Å². The summed E-state index contributed by atoms with van der Waals surface area (Å²) >= 11 is 0. The van der Waals surface area contributed by atoms with Crippen LogP contribution in [0.15, 0.2) is 0 Å². The summed E-state index contributed by atoms with van der Waals surface area (Å²) in [4.78, 5) is 5.25. The molecule has 0 saturated carbocycles. The second-order valence-corrected chi connectivity index (χ2v) is 6.70. The third-order valence-electron chi connectivity index (χ3n) is 3.72. The molecular formula is C15H33N3. The van der Waals surface area contributed by atoms with Crippen LogP contribution in [0.1, 0.15) is 40.5 Å². The molecule has 0 amide bonds. The van der Waals surface area contributed by atoms with E-state index in [1.54, 1.807) is 0 Å². The Morgan fingerprint density at radius 2 is 1.50 bits per heavy atom. The minimum atomic E-state index is 0.475. The minimum absolute atomic E-state index is 0.475. The molecule has 0 spiro atoms.